The highest BCUT2D eigenvalue weighted by atomic mass is 32.2. The molecule has 1 N–H and O–H groups in total. The van der Waals surface area contributed by atoms with Crippen LogP contribution in [-0.2, 0) is 0 Å². The Kier molecular flexibility index (Phi) is 9.21. The van der Waals surface area contributed by atoms with E-state index in [1.165, 1.54) is 69.8 Å². The maximum absolute atomic E-state index is 3.47. The predicted molar refractivity (Wildman–Crippen MR) is 80.0 cm³/mol. The lowest BCUT2D eigenvalue weighted by Crippen LogP contribution is -2.40. The smallest absolute Gasteiger partial charge is 0.0158 e. The van der Waals surface area contributed by atoms with Gasteiger partial charge in [0.1, 0.15) is 0 Å². The van der Waals surface area contributed by atoms with Gasteiger partial charge in [0.15, 0.2) is 0 Å². The summed E-state index contributed by atoms with van der Waals surface area (Å²) in [5.74, 6) is 2.67. The minimum Gasteiger partial charge on any atom is -0.317 e. The minimum atomic E-state index is 0.806. The Labute approximate surface area is 112 Å². The standard InChI is InChI=1S/C14H30N2S/c1-3-8-15-9-6-4-5-7-10-16-11-12-17-13-14(16)2/h14-15H,3-13H2,1-2H3. The zero-order valence-corrected chi connectivity index (χ0v) is 12.5. The highest BCUT2D eigenvalue weighted by Gasteiger charge is 2.17. The van der Waals surface area contributed by atoms with E-state index in [2.05, 4.69) is 35.8 Å². The zero-order chi connectivity index (χ0) is 12.3. The number of nitrogens with zero attached hydrogens (tertiary/aromatic N) is 1. The fourth-order valence-corrected chi connectivity index (χ4v) is 3.40. The Morgan fingerprint density at radius 2 is 2.00 bits per heavy atom. The summed E-state index contributed by atoms with van der Waals surface area (Å²) >= 11 is 2.11. The van der Waals surface area contributed by atoms with Gasteiger partial charge in [-0.05, 0) is 45.8 Å². The second-order valence-electron chi connectivity index (χ2n) is 5.12. The zero-order valence-electron chi connectivity index (χ0n) is 11.7. The Bertz CT molecular complexity index is 176. The summed E-state index contributed by atoms with van der Waals surface area (Å²) < 4.78 is 0. The summed E-state index contributed by atoms with van der Waals surface area (Å²) in [6, 6.07) is 0.806. The molecule has 1 aliphatic heterocycles. The first-order chi connectivity index (χ1) is 8.34. The molecule has 0 bridgehead atoms. The molecule has 1 fully saturated rings. The van der Waals surface area contributed by atoms with Gasteiger partial charge in [0.2, 0.25) is 0 Å². The van der Waals surface area contributed by atoms with Crippen LogP contribution in [-0.4, -0.2) is 48.6 Å². The predicted octanol–water partition coefficient (Wildman–Crippen LogP) is 2.98. The van der Waals surface area contributed by atoms with Crippen LogP contribution in [0.15, 0.2) is 0 Å². The Morgan fingerprint density at radius 1 is 1.18 bits per heavy atom. The van der Waals surface area contributed by atoms with E-state index in [9.17, 15) is 0 Å². The fourth-order valence-electron chi connectivity index (χ4n) is 2.31. The molecular formula is C14H30N2S. The van der Waals surface area contributed by atoms with E-state index < -0.39 is 0 Å². The quantitative estimate of drug-likeness (QED) is 0.640. The van der Waals surface area contributed by atoms with Crippen LogP contribution in [0.5, 0.6) is 0 Å². The molecule has 1 atom stereocenters. The van der Waals surface area contributed by atoms with Crippen molar-refractivity contribution in [1.29, 1.82) is 0 Å². The molecule has 1 saturated heterocycles. The van der Waals surface area contributed by atoms with Crippen LogP contribution in [0.2, 0.25) is 0 Å². The topological polar surface area (TPSA) is 15.3 Å². The van der Waals surface area contributed by atoms with E-state index in [1.54, 1.807) is 0 Å². The maximum atomic E-state index is 3.47. The van der Waals surface area contributed by atoms with Crippen LogP contribution in [0, 0.1) is 0 Å². The highest BCUT2D eigenvalue weighted by molar-refractivity contribution is 7.99. The van der Waals surface area contributed by atoms with Crippen molar-refractivity contribution >= 4 is 11.8 Å². The second kappa shape index (κ2) is 10.2. The molecule has 3 heteroatoms. The summed E-state index contributed by atoms with van der Waals surface area (Å²) in [6.07, 6.45) is 6.80. The van der Waals surface area contributed by atoms with Gasteiger partial charge in [-0.25, -0.2) is 0 Å². The molecule has 1 heterocycles. The molecule has 0 aromatic carbocycles. The normalized spacial score (nSPS) is 21.9. The van der Waals surface area contributed by atoms with Crippen LogP contribution in [0.3, 0.4) is 0 Å². The van der Waals surface area contributed by atoms with Gasteiger partial charge >= 0.3 is 0 Å². The lowest BCUT2D eigenvalue weighted by Gasteiger charge is -2.32. The monoisotopic (exact) mass is 258 g/mol. The molecule has 1 aliphatic rings. The van der Waals surface area contributed by atoms with Crippen molar-refractivity contribution in [3.63, 3.8) is 0 Å². The summed E-state index contributed by atoms with van der Waals surface area (Å²) in [4.78, 5) is 2.67. The first kappa shape index (κ1) is 15.3. The lowest BCUT2D eigenvalue weighted by molar-refractivity contribution is 0.227. The summed E-state index contributed by atoms with van der Waals surface area (Å²) in [6.45, 7) is 9.63. The summed E-state index contributed by atoms with van der Waals surface area (Å²) in [5.41, 5.74) is 0. The lowest BCUT2D eigenvalue weighted by atomic mass is 10.1. The van der Waals surface area contributed by atoms with Crippen molar-refractivity contribution in [1.82, 2.24) is 10.2 Å². The third-order valence-corrected chi connectivity index (χ3v) is 4.67. The van der Waals surface area contributed by atoms with Crippen molar-refractivity contribution in [3.8, 4) is 0 Å². The fraction of sp³-hybridized carbons (Fsp3) is 1.00. The van der Waals surface area contributed by atoms with Crippen molar-refractivity contribution in [2.45, 2.75) is 52.0 Å². The molecule has 0 radical (unpaired) electrons. The summed E-state index contributed by atoms with van der Waals surface area (Å²) in [7, 11) is 0. The molecule has 0 aromatic heterocycles. The highest BCUT2D eigenvalue weighted by Crippen LogP contribution is 2.16. The van der Waals surface area contributed by atoms with Gasteiger partial charge in [-0.15, -0.1) is 0 Å². The van der Waals surface area contributed by atoms with Gasteiger partial charge in [0, 0.05) is 24.1 Å². The molecule has 17 heavy (non-hydrogen) atoms. The van der Waals surface area contributed by atoms with E-state index in [1.807, 2.05) is 0 Å². The van der Waals surface area contributed by atoms with Crippen molar-refractivity contribution < 1.29 is 0 Å². The van der Waals surface area contributed by atoms with E-state index in [0.29, 0.717) is 0 Å². The summed E-state index contributed by atoms with van der Waals surface area (Å²) in [5, 5.41) is 3.47. The van der Waals surface area contributed by atoms with Gasteiger partial charge in [-0.1, -0.05) is 19.8 Å². The molecule has 1 unspecified atom stereocenters. The Balaban J connectivity index is 1.86. The van der Waals surface area contributed by atoms with E-state index in [4.69, 9.17) is 0 Å². The molecule has 102 valence electrons. The third-order valence-electron chi connectivity index (χ3n) is 3.48. The number of unbranched alkanes of at least 4 members (excludes halogenated alkanes) is 3. The molecule has 1 rings (SSSR count). The van der Waals surface area contributed by atoms with Gasteiger partial charge in [0.05, 0.1) is 0 Å². The molecule has 0 aromatic rings. The Morgan fingerprint density at radius 3 is 2.76 bits per heavy atom. The first-order valence-corrected chi connectivity index (χ1v) is 8.52. The molecule has 0 saturated carbocycles. The van der Waals surface area contributed by atoms with E-state index in [0.717, 1.165) is 6.04 Å². The average molecular weight is 258 g/mol. The first-order valence-electron chi connectivity index (χ1n) is 7.37. The number of nitrogens with one attached hydrogen (secondary N) is 1. The molecule has 0 aliphatic carbocycles. The van der Waals surface area contributed by atoms with Crippen LogP contribution in [0.4, 0.5) is 0 Å². The molecule has 2 nitrogen and oxygen atoms in total. The average Bonchev–Trinajstić information content (AvgIpc) is 2.35. The molecular weight excluding hydrogens is 228 g/mol. The molecule has 0 amide bonds. The second-order valence-corrected chi connectivity index (χ2v) is 6.27. The van der Waals surface area contributed by atoms with Gasteiger partial charge in [-0.3, -0.25) is 4.90 Å². The number of rotatable bonds is 9. The van der Waals surface area contributed by atoms with E-state index in [-0.39, 0.29) is 0 Å². The van der Waals surface area contributed by atoms with Crippen molar-refractivity contribution in [2.75, 3.05) is 37.7 Å². The maximum Gasteiger partial charge on any atom is 0.0158 e. The third kappa shape index (κ3) is 7.32. The van der Waals surface area contributed by atoms with Crippen molar-refractivity contribution in [2.24, 2.45) is 0 Å². The SMILES string of the molecule is CCCNCCCCCCN1CCSCC1C. The van der Waals surface area contributed by atoms with Gasteiger partial charge in [-0.2, -0.15) is 11.8 Å². The number of thioether (sulfide) groups is 1. The van der Waals surface area contributed by atoms with E-state index >= 15 is 0 Å². The van der Waals surface area contributed by atoms with Crippen LogP contribution in [0.1, 0.15) is 46.0 Å². The minimum absolute atomic E-state index is 0.806. The number of hydrogen-bond acceptors (Lipinski definition) is 3. The molecule has 0 spiro atoms. The largest absolute Gasteiger partial charge is 0.317 e. The Hall–Kier alpha value is 0.270. The van der Waals surface area contributed by atoms with Crippen LogP contribution in [0.25, 0.3) is 0 Å². The van der Waals surface area contributed by atoms with Crippen molar-refractivity contribution in [3.05, 3.63) is 0 Å². The van der Waals surface area contributed by atoms with Gasteiger partial charge in [0.25, 0.3) is 0 Å². The van der Waals surface area contributed by atoms with Gasteiger partial charge < -0.3 is 5.32 Å². The van der Waals surface area contributed by atoms with Crippen LogP contribution < -0.4 is 5.32 Å². The van der Waals surface area contributed by atoms with Crippen LogP contribution >= 0.6 is 11.8 Å². The number of hydrogen-bond donors (Lipinski definition) is 1.